The molecule has 0 aliphatic heterocycles. The van der Waals surface area contributed by atoms with Gasteiger partial charge in [-0.3, -0.25) is 14.9 Å². The topological polar surface area (TPSA) is 96.0 Å². The lowest BCUT2D eigenvalue weighted by molar-refractivity contribution is -0.385. The molecule has 0 heterocycles. The van der Waals surface area contributed by atoms with Crippen LogP contribution in [0.15, 0.2) is 18.2 Å². The van der Waals surface area contributed by atoms with Crippen LogP contribution in [0.5, 0.6) is 0 Å². The highest BCUT2D eigenvalue weighted by molar-refractivity contribution is 5.95. The number of nitrogens with zero attached hydrogens (tertiary/aromatic N) is 2. The zero-order valence-corrected chi connectivity index (χ0v) is 10.4. The SMILES string of the molecule is CC(C)C(C#N)NC(=O)c1cc(F)cc([N+](=O)[O-])c1. The summed E-state index contributed by atoms with van der Waals surface area (Å²) in [4.78, 5) is 21.6. The maximum Gasteiger partial charge on any atom is 0.273 e. The van der Waals surface area contributed by atoms with E-state index in [0.29, 0.717) is 0 Å². The maximum absolute atomic E-state index is 13.2. The number of hydrogen-bond donors (Lipinski definition) is 1. The predicted octanol–water partition coefficient (Wildman–Crippen LogP) is 2.01. The van der Waals surface area contributed by atoms with E-state index in [0.717, 1.165) is 18.2 Å². The van der Waals surface area contributed by atoms with Gasteiger partial charge in [0.2, 0.25) is 0 Å². The van der Waals surface area contributed by atoms with Crippen molar-refractivity contribution in [1.29, 1.82) is 5.26 Å². The number of halogens is 1. The average Bonchev–Trinajstić information content (AvgIpc) is 2.34. The van der Waals surface area contributed by atoms with Gasteiger partial charge in [-0.15, -0.1) is 0 Å². The zero-order valence-electron chi connectivity index (χ0n) is 10.4. The van der Waals surface area contributed by atoms with Crippen LogP contribution in [0.4, 0.5) is 10.1 Å². The van der Waals surface area contributed by atoms with Crippen molar-refractivity contribution >= 4 is 11.6 Å². The van der Waals surface area contributed by atoms with Crippen molar-refractivity contribution in [2.45, 2.75) is 19.9 Å². The summed E-state index contributed by atoms with van der Waals surface area (Å²) in [6.45, 7) is 3.48. The van der Waals surface area contributed by atoms with E-state index >= 15 is 0 Å². The first-order valence-corrected chi connectivity index (χ1v) is 5.50. The fraction of sp³-hybridized carbons (Fsp3) is 0.333. The third-order valence-corrected chi connectivity index (χ3v) is 2.45. The molecule has 1 rings (SSSR count). The Kier molecular flexibility index (Phi) is 4.53. The molecular weight excluding hydrogens is 253 g/mol. The van der Waals surface area contributed by atoms with E-state index in [4.69, 9.17) is 5.26 Å². The maximum atomic E-state index is 13.2. The fourth-order valence-electron chi connectivity index (χ4n) is 1.38. The Morgan fingerprint density at radius 2 is 2.11 bits per heavy atom. The summed E-state index contributed by atoms with van der Waals surface area (Å²) in [6, 6.07) is 3.73. The average molecular weight is 265 g/mol. The molecule has 1 N–H and O–H groups in total. The van der Waals surface area contributed by atoms with Crippen LogP contribution >= 0.6 is 0 Å². The molecule has 0 spiro atoms. The number of rotatable bonds is 4. The molecule has 1 unspecified atom stereocenters. The third-order valence-electron chi connectivity index (χ3n) is 2.45. The van der Waals surface area contributed by atoms with Gasteiger partial charge in [-0.25, -0.2) is 4.39 Å². The van der Waals surface area contributed by atoms with E-state index in [2.05, 4.69) is 5.32 Å². The van der Waals surface area contributed by atoms with E-state index < -0.39 is 28.4 Å². The van der Waals surface area contributed by atoms with Crippen LogP contribution in [-0.4, -0.2) is 16.9 Å². The number of carbonyl (C=O) groups is 1. The first kappa shape index (κ1) is 14.6. The van der Waals surface area contributed by atoms with Crippen molar-refractivity contribution in [2.75, 3.05) is 0 Å². The largest absolute Gasteiger partial charge is 0.336 e. The van der Waals surface area contributed by atoms with E-state index in [1.165, 1.54) is 0 Å². The van der Waals surface area contributed by atoms with Gasteiger partial charge in [0.1, 0.15) is 11.9 Å². The first-order chi connectivity index (χ1) is 8.85. The molecule has 0 aliphatic rings. The molecule has 100 valence electrons. The standard InChI is InChI=1S/C12H12FN3O3/c1-7(2)11(6-14)15-12(17)8-3-9(13)5-10(4-8)16(18)19/h3-5,7,11H,1-2H3,(H,15,17). The Labute approximate surface area is 109 Å². The summed E-state index contributed by atoms with van der Waals surface area (Å²) in [5.41, 5.74) is -0.698. The number of non-ortho nitro benzene ring substituents is 1. The summed E-state index contributed by atoms with van der Waals surface area (Å²) in [7, 11) is 0. The van der Waals surface area contributed by atoms with E-state index in [9.17, 15) is 19.3 Å². The van der Waals surface area contributed by atoms with Gasteiger partial charge in [0.25, 0.3) is 11.6 Å². The lowest BCUT2D eigenvalue weighted by Crippen LogP contribution is -2.37. The third kappa shape index (κ3) is 3.74. The molecule has 0 radical (unpaired) electrons. The Morgan fingerprint density at radius 1 is 1.47 bits per heavy atom. The summed E-state index contributed by atoms with van der Waals surface area (Å²) in [5.74, 6) is -1.72. The fourth-order valence-corrected chi connectivity index (χ4v) is 1.38. The molecule has 7 heteroatoms. The molecular formula is C12H12FN3O3. The van der Waals surface area contributed by atoms with Gasteiger partial charge < -0.3 is 5.32 Å². The molecule has 0 saturated heterocycles. The van der Waals surface area contributed by atoms with E-state index in [1.807, 2.05) is 6.07 Å². The summed E-state index contributed by atoms with van der Waals surface area (Å²) < 4.78 is 13.2. The number of nitrogens with one attached hydrogen (secondary N) is 1. The van der Waals surface area contributed by atoms with Crippen LogP contribution < -0.4 is 5.32 Å². The number of nitro benzene ring substituents is 1. The van der Waals surface area contributed by atoms with Crippen molar-refractivity contribution in [1.82, 2.24) is 5.32 Å². The predicted molar refractivity (Wildman–Crippen MR) is 64.8 cm³/mol. The molecule has 0 bridgehead atoms. The highest BCUT2D eigenvalue weighted by Crippen LogP contribution is 2.16. The van der Waals surface area contributed by atoms with Gasteiger partial charge in [0, 0.05) is 11.6 Å². The summed E-state index contributed by atoms with van der Waals surface area (Å²) in [6.07, 6.45) is 0. The van der Waals surface area contributed by atoms with Crippen LogP contribution in [0.3, 0.4) is 0 Å². The Bertz CT molecular complexity index is 552. The Morgan fingerprint density at radius 3 is 2.58 bits per heavy atom. The molecule has 1 aromatic carbocycles. The molecule has 6 nitrogen and oxygen atoms in total. The Balaban J connectivity index is 3.00. The number of benzene rings is 1. The van der Waals surface area contributed by atoms with Crippen LogP contribution in [-0.2, 0) is 0 Å². The normalized spacial score (nSPS) is 11.7. The minimum absolute atomic E-state index is 0.127. The van der Waals surface area contributed by atoms with Gasteiger partial charge in [-0.05, 0) is 12.0 Å². The number of carbonyl (C=O) groups excluding carboxylic acids is 1. The van der Waals surface area contributed by atoms with Crippen molar-refractivity contribution in [2.24, 2.45) is 5.92 Å². The van der Waals surface area contributed by atoms with Gasteiger partial charge in [-0.1, -0.05) is 13.8 Å². The van der Waals surface area contributed by atoms with Crippen LogP contribution in [0, 0.1) is 33.2 Å². The Hall–Kier alpha value is -2.49. The monoisotopic (exact) mass is 265 g/mol. The van der Waals surface area contributed by atoms with E-state index in [1.54, 1.807) is 13.8 Å². The molecule has 0 fully saturated rings. The molecule has 1 aromatic rings. The van der Waals surface area contributed by atoms with Crippen molar-refractivity contribution < 1.29 is 14.1 Å². The molecule has 0 aromatic heterocycles. The molecule has 1 atom stereocenters. The van der Waals surface area contributed by atoms with Gasteiger partial charge in [0.15, 0.2) is 0 Å². The number of nitriles is 1. The smallest absolute Gasteiger partial charge is 0.273 e. The van der Waals surface area contributed by atoms with Crippen molar-refractivity contribution in [3.05, 3.63) is 39.7 Å². The number of hydrogen-bond acceptors (Lipinski definition) is 4. The molecule has 0 saturated carbocycles. The second-order valence-electron chi connectivity index (χ2n) is 4.28. The second-order valence-corrected chi connectivity index (χ2v) is 4.28. The number of amides is 1. The lowest BCUT2D eigenvalue weighted by atomic mass is 10.1. The highest BCUT2D eigenvalue weighted by atomic mass is 19.1. The minimum atomic E-state index is -0.877. The van der Waals surface area contributed by atoms with Crippen LogP contribution in [0.25, 0.3) is 0 Å². The number of nitro groups is 1. The van der Waals surface area contributed by atoms with Gasteiger partial charge in [-0.2, -0.15) is 5.26 Å². The minimum Gasteiger partial charge on any atom is -0.336 e. The molecule has 0 aliphatic carbocycles. The molecule has 1 amide bonds. The van der Waals surface area contributed by atoms with Crippen LogP contribution in [0.1, 0.15) is 24.2 Å². The van der Waals surface area contributed by atoms with E-state index in [-0.39, 0.29) is 11.5 Å². The second kappa shape index (κ2) is 5.91. The zero-order chi connectivity index (χ0) is 14.6. The quantitative estimate of drug-likeness (QED) is 0.665. The van der Waals surface area contributed by atoms with Crippen molar-refractivity contribution in [3.8, 4) is 6.07 Å². The highest BCUT2D eigenvalue weighted by Gasteiger charge is 2.19. The summed E-state index contributed by atoms with van der Waals surface area (Å²) >= 11 is 0. The molecule has 19 heavy (non-hydrogen) atoms. The first-order valence-electron chi connectivity index (χ1n) is 5.50. The van der Waals surface area contributed by atoms with Gasteiger partial charge >= 0.3 is 0 Å². The lowest BCUT2D eigenvalue weighted by Gasteiger charge is -2.14. The van der Waals surface area contributed by atoms with Gasteiger partial charge in [0.05, 0.1) is 17.1 Å². The van der Waals surface area contributed by atoms with Crippen molar-refractivity contribution in [3.63, 3.8) is 0 Å². The summed E-state index contributed by atoms with van der Waals surface area (Å²) in [5, 5.41) is 21.8. The van der Waals surface area contributed by atoms with Crippen LogP contribution in [0.2, 0.25) is 0 Å².